The van der Waals surface area contributed by atoms with Gasteiger partial charge in [0.05, 0.1) is 17.6 Å². The van der Waals surface area contributed by atoms with Gasteiger partial charge in [0.2, 0.25) is 0 Å². The van der Waals surface area contributed by atoms with Crippen molar-refractivity contribution >= 4 is 0 Å². The Morgan fingerprint density at radius 3 is 1.67 bits per heavy atom. The van der Waals surface area contributed by atoms with E-state index in [0.29, 0.717) is 17.8 Å². The summed E-state index contributed by atoms with van der Waals surface area (Å²) >= 11 is 0. The first kappa shape index (κ1) is 22.7. The Balaban J connectivity index is 0.000000204. The highest BCUT2D eigenvalue weighted by Crippen LogP contribution is 2.14. The molecular formula is C21H34N4O2. The quantitative estimate of drug-likeness (QED) is 0.583. The van der Waals surface area contributed by atoms with Gasteiger partial charge in [-0.1, -0.05) is 51.9 Å². The fourth-order valence-electron chi connectivity index (χ4n) is 2.35. The molecule has 3 rings (SSSR count). The molecule has 0 saturated carbocycles. The highest BCUT2D eigenvalue weighted by atomic mass is 16.5. The number of aryl methyl sites for hydroxylation is 3. The number of rotatable bonds is 3. The second-order valence-corrected chi connectivity index (χ2v) is 7.58. The van der Waals surface area contributed by atoms with Gasteiger partial charge in [0.1, 0.15) is 11.5 Å². The highest BCUT2D eigenvalue weighted by molar-refractivity contribution is 5.11. The summed E-state index contributed by atoms with van der Waals surface area (Å²) in [5.74, 6) is 3.40. The van der Waals surface area contributed by atoms with E-state index >= 15 is 0 Å². The maximum absolute atomic E-state index is 4.98. The van der Waals surface area contributed by atoms with Crippen molar-refractivity contribution in [1.29, 1.82) is 0 Å². The first-order valence-corrected chi connectivity index (χ1v) is 9.46. The van der Waals surface area contributed by atoms with Gasteiger partial charge in [-0.3, -0.25) is 4.68 Å². The van der Waals surface area contributed by atoms with Gasteiger partial charge in [-0.05, 0) is 25.8 Å². The topological polar surface area (TPSA) is 69.9 Å². The van der Waals surface area contributed by atoms with Gasteiger partial charge in [-0.2, -0.15) is 5.10 Å². The second-order valence-electron chi connectivity index (χ2n) is 7.58. The monoisotopic (exact) mass is 374 g/mol. The Morgan fingerprint density at radius 2 is 1.44 bits per heavy atom. The van der Waals surface area contributed by atoms with E-state index in [1.807, 2.05) is 37.7 Å². The molecule has 3 aromatic heterocycles. The minimum Gasteiger partial charge on any atom is -0.361 e. The van der Waals surface area contributed by atoms with Crippen LogP contribution < -0.4 is 0 Å². The first-order valence-electron chi connectivity index (χ1n) is 9.46. The maximum atomic E-state index is 4.98. The SMILES string of the molecule is CC(C)c1ccno1.Cc1cc(C(C)C)n(C)n1.Cc1cc(C(C)C)on1. The smallest absolute Gasteiger partial charge is 0.139 e. The largest absolute Gasteiger partial charge is 0.361 e. The molecule has 0 radical (unpaired) electrons. The summed E-state index contributed by atoms with van der Waals surface area (Å²) in [6.45, 7) is 16.6. The molecule has 0 fully saturated rings. The zero-order valence-electron chi connectivity index (χ0n) is 18.1. The molecule has 0 N–H and O–H groups in total. The van der Waals surface area contributed by atoms with Crippen LogP contribution in [0.25, 0.3) is 0 Å². The fraction of sp³-hybridized carbons (Fsp3) is 0.571. The van der Waals surface area contributed by atoms with Crippen LogP contribution in [0.2, 0.25) is 0 Å². The van der Waals surface area contributed by atoms with Gasteiger partial charge < -0.3 is 9.05 Å². The summed E-state index contributed by atoms with van der Waals surface area (Å²) in [6.07, 6.45) is 1.66. The van der Waals surface area contributed by atoms with E-state index in [0.717, 1.165) is 22.9 Å². The molecule has 0 saturated heterocycles. The van der Waals surface area contributed by atoms with Crippen LogP contribution in [0.15, 0.2) is 33.4 Å². The lowest BCUT2D eigenvalue weighted by atomic mass is 10.1. The molecule has 0 aliphatic carbocycles. The lowest BCUT2D eigenvalue weighted by molar-refractivity contribution is 0.368. The lowest BCUT2D eigenvalue weighted by Gasteiger charge is -2.02. The highest BCUT2D eigenvalue weighted by Gasteiger charge is 2.04. The molecular weight excluding hydrogens is 340 g/mol. The van der Waals surface area contributed by atoms with Crippen LogP contribution in [0.5, 0.6) is 0 Å². The van der Waals surface area contributed by atoms with E-state index in [1.165, 1.54) is 5.69 Å². The molecule has 0 atom stereocenters. The lowest BCUT2D eigenvalue weighted by Crippen LogP contribution is -1.99. The Bertz CT molecular complexity index is 768. The van der Waals surface area contributed by atoms with E-state index in [-0.39, 0.29) is 0 Å². The van der Waals surface area contributed by atoms with Crippen molar-refractivity contribution in [2.75, 3.05) is 0 Å². The van der Waals surface area contributed by atoms with E-state index in [4.69, 9.17) is 9.05 Å². The summed E-state index contributed by atoms with van der Waals surface area (Å²) in [5.41, 5.74) is 3.36. The van der Waals surface area contributed by atoms with Crippen LogP contribution in [0.3, 0.4) is 0 Å². The van der Waals surface area contributed by atoms with Crippen LogP contribution in [0.1, 0.15) is 87.9 Å². The predicted molar refractivity (Wildman–Crippen MR) is 108 cm³/mol. The summed E-state index contributed by atoms with van der Waals surface area (Å²) in [4.78, 5) is 0. The Hall–Kier alpha value is -2.37. The van der Waals surface area contributed by atoms with Gasteiger partial charge in [0, 0.05) is 36.7 Å². The molecule has 6 heteroatoms. The van der Waals surface area contributed by atoms with Crippen LogP contribution in [0.4, 0.5) is 0 Å². The van der Waals surface area contributed by atoms with Crippen molar-refractivity contribution in [3.63, 3.8) is 0 Å². The number of hydrogen-bond donors (Lipinski definition) is 0. The minimum atomic E-state index is 0.450. The van der Waals surface area contributed by atoms with Crippen molar-refractivity contribution < 1.29 is 9.05 Å². The van der Waals surface area contributed by atoms with E-state index in [1.54, 1.807) is 6.20 Å². The van der Waals surface area contributed by atoms with Gasteiger partial charge >= 0.3 is 0 Å². The van der Waals surface area contributed by atoms with Crippen molar-refractivity contribution in [2.24, 2.45) is 7.05 Å². The third-order valence-electron chi connectivity index (χ3n) is 3.87. The van der Waals surface area contributed by atoms with Crippen molar-refractivity contribution in [1.82, 2.24) is 20.1 Å². The normalized spacial score (nSPS) is 10.7. The van der Waals surface area contributed by atoms with Gasteiger partial charge in [-0.15, -0.1) is 0 Å². The molecule has 0 aliphatic rings. The molecule has 150 valence electrons. The van der Waals surface area contributed by atoms with Gasteiger partial charge in [0.25, 0.3) is 0 Å². The van der Waals surface area contributed by atoms with Crippen molar-refractivity contribution in [3.05, 3.63) is 53.0 Å². The van der Waals surface area contributed by atoms with Crippen LogP contribution in [-0.4, -0.2) is 20.1 Å². The van der Waals surface area contributed by atoms with Gasteiger partial charge in [0.15, 0.2) is 0 Å². The summed E-state index contributed by atoms with van der Waals surface area (Å²) < 4.78 is 11.8. The minimum absolute atomic E-state index is 0.450. The van der Waals surface area contributed by atoms with Crippen LogP contribution in [0, 0.1) is 13.8 Å². The molecule has 27 heavy (non-hydrogen) atoms. The summed E-state index contributed by atoms with van der Waals surface area (Å²) in [5, 5.41) is 11.6. The molecule has 3 aromatic rings. The number of hydrogen-bond acceptors (Lipinski definition) is 5. The van der Waals surface area contributed by atoms with Crippen molar-refractivity contribution in [2.45, 2.75) is 73.1 Å². The van der Waals surface area contributed by atoms with Crippen LogP contribution in [-0.2, 0) is 7.05 Å². The predicted octanol–water partition coefficient (Wildman–Crippen LogP) is 5.76. The third-order valence-corrected chi connectivity index (χ3v) is 3.87. The molecule has 0 aliphatic heterocycles. The number of aromatic nitrogens is 4. The standard InChI is InChI=1S/C8H14N2.C7H11NO.C6H9NO/c1-6(2)8-5-7(3)9-10(8)4;1-5(2)7-4-6(3)8-9-7;1-5(2)6-3-4-7-8-6/h5-6H,1-4H3;4-5H,1-3H3;3-5H,1-2H3. The molecule has 0 spiro atoms. The fourth-order valence-corrected chi connectivity index (χ4v) is 2.35. The van der Waals surface area contributed by atoms with E-state index in [9.17, 15) is 0 Å². The van der Waals surface area contributed by atoms with Gasteiger partial charge in [-0.25, -0.2) is 0 Å². The average molecular weight is 375 g/mol. The summed E-state index contributed by atoms with van der Waals surface area (Å²) in [6, 6.07) is 5.97. The molecule has 0 unspecified atom stereocenters. The Kier molecular flexibility index (Phi) is 8.98. The first-order chi connectivity index (χ1) is 12.6. The van der Waals surface area contributed by atoms with E-state index < -0.39 is 0 Å². The van der Waals surface area contributed by atoms with E-state index in [2.05, 4.69) is 63.0 Å². The Labute approximate surface area is 162 Å². The molecule has 6 nitrogen and oxygen atoms in total. The Morgan fingerprint density at radius 1 is 0.815 bits per heavy atom. The average Bonchev–Trinajstić information content (AvgIpc) is 3.29. The second kappa shape index (κ2) is 10.7. The van der Waals surface area contributed by atoms with Crippen molar-refractivity contribution in [3.8, 4) is 0 Å². The van der Waals surface area contributed by atoms with Crippen LogP contribution >= 0.6 is 0 Å². The summed E-state index contributed by atoms with van der Waals surface area (Å²) in [7, 11) is 1.99. The molecule has 3 heterocycles. The zero-order chi connectivity index (χ0) is 20.6. The molecule has 0 bridgehead atoms. The number of nitrogens with zero attached hydrogens (tertiary/aromatic N) is 4. The zero-order valence-corrected chi connectivity index (χ0v) is 18.1. The molecule has 0 aromatic carbocycles. The maximum Gasteiger partial charge on any atom is 0.139 e. The molecule has 0 amide bonds. The third kappa shape index (κ3) is 7.81.